The fourth-order valence-corrected chi connectivity index (χ4v) is 11.1. The molecule has 0 saturated heterocycles. The molecule has 8 heteroatoms. The fourth-order valence-electron chi connectivity index (χ4n) is 4.52. The Morgan fingerprint density at radius 3 is 2.24 bits per heavy atom. The molecule has 3 aromatic carbocycles. The van der Waals surface area contributed by atoms with E-state index in [1.807, 2.05) is 36.4 Å². The molecule has 1 atom stereocenters. The molecule has 200 valence electrons. The Bertz CT molecular complexity index is 1280. The van der Waals surface area contributed by atoms with Gasteiger partial charge in [0.1, 0.15) is 12.4 Å². The Kier molecular flexibility index (Phi) is 10.8. The minimum atomic E-state index is -3.38. The maximum Gasteiger partial charge on any atom is 0.204 e. The van der Waals surface area contributed by atoms with E-state index in [-0.39, 0.29) is 4.90 Å². The Hall–Kier alpha value is -1.72. The fraction of sp³-hybridized carbons (Fsp3) is 0.379. The average molecular weight is 652 g/mol. The van der Waals surface area contributed by atoms with Crippen LogP contribution in [0.4, 0.5) is 0 Å². The minimum Gasteiger partial charge on any atom is -0.488 e. The van der Waals surface area contributed by atoms with E-state index >= 15 is 0 Å². The summed E-state index contributed by atoms with van der Waals surface area (Å²) in [5.41, 5.74) is 10.7. The Morgan fingerprint density at radius 1 is 0.946 bits per heavy atom. The van der Waals surface area contributed by atoms with Crippen LogP contribution >= 0.6 is 22.6 Å². The number of halogens is 1. The first-order chi connectivity index (χ1) is 17.6. The van der Waals surface area contributed by atoms with Gasteiger partial charge in [-0.25, -0.2) is 8.42 Å². The van der Waals surface area contributed by atoms with Crippen molar-refractivity contribution < 1.29 is 17.6 Å². The summed E-state index contributed by atoms with van der Waals surface area (Å²) in [6.45, 7) is 8.11. The number of rotatable bonds is 13. The van der Waals surface area contributed by atoms with Crippen LogP contribution in [0.5, 0.6) is 5.75 Å². The highest BCUT2D eigenvalue weighted by atomic mass is 127. The monoisotopic (exact) mass is 651 g/mol. The maximum atomic E-state index is 12.4. The van der Waals surface area contributed by atoms with Gasteiger partial charge in [0.05, 0.1) is 4.90 Å². The van der Waals surface area contributed by atoms with E-state index in [9.17, 15) is 8.42 Å². The molecule has 0 bridgehead atoms. The van der Waals surface area contributed by atoms with Crippen LogP contribution in [0.15, 0.2) is 71.6 Å². The first-order valence-corrected chi connectivity index (χ1v) is 18.3. The molecule has 0 radical (unpaired) electrons. The lowest BCUT2D eigenvalue weighted by Gasteiger charge is -2.32. The molecule has 0 fully saturated rings. The van der Waals surface area contributed by atoms with Crippen LogP contribution in [0.25, 0.3) is 11.1 Å². The normalized spacial score (nSPS) is 12.9. The van der Waals surface area contributed by atoms with Crippen molar-refractivity contribution >= 4 is 40.7 Å². The van der Waals surface area contributed by atoms with E-state index in [1.165, 1.54) is 6.26 Å². The van der Waals surface area contributed by atoms with Gasteiger partial charge in [0, 0.05) is 28.5 Å². The standard InChI is InChI=1S/C29H38INO4SSi/c1-5-37(6-2,22(3)30)35-17-16-23-12-15-29(34-21-24-10-8-7-9-11-24)28(18-23)27-19-26(36(4,32)33)14-13-25(27)20-31/h7-15,18-19,22H,5-6,16-17,20-21,31H2,1-4H3/t22-/m0/s1. The predicted molar refractivity (Wildman–Crippen MR) is 164 cm³/mol. The summed E-state index contributed by atoms with van der Waals surface area (Å²) in [6.07, 6.45) is 1.99. The smallest absolute Gasteiger partial charge is 0.204 e. The molecule has 0 spiro atoms. The molecule has 0 aliphatic carbocycles. The largest absolute Gasteiger partial charge is 0.488 e. The zero-order valence-electron chi connectivity index (χ0n) is 22.2. The third-order valence-electron chi connectivity index (χ3n) is 7.00. The van der Waals surface area contributed by atoms with Crippen molar-refractivity contribution in [1.29, 1.82) is 0 Å². The van der Waals surface area contributed by atoms with Crippen molar-refractivity contribution in [2.75, 3.05) is 12.9 Å². The minimum absolute atomic E-state index is 0.264. The van der Waals surface area contributed by atoms with Crippen LogP contribution < -0.4 is 10.5 Å². The Morgan fingerprint density at radius 2 is 1.65 bits per heavy atom. The van der Waals surface area contributed by atoms with Crippen LogP contribution in [0.2, 0.25) is 12.1 Å². The van der Waals surface area contributed by atoms with Crippen molar-refractivity contribution in [1.82, 2.24) is 0 Å². The molecule has 3 aromatic rings. The summed E-state index contributed by atoms with van der Waals surface area (Å²) in [6, 6.07) is 23.5. The lowest BCUT2D eigenvalue weighted by Crippen LogP contribution is -2.45. The highest BCUT2D eigenvalue weighted by Gasteiger charge is 2.35. The van der Waals surface area contributed by atoms with Crippen LogP contribution in [0, 0.1) is 0 Å². The zero-order chi connectivity index (χ0) is 27.1. The van der Waals surface area contributed by atoms with Crippen LogP contribution in [0.1, 0.15) is 37.5 Å². The molecule has 0 aromatic heterocycles. The molecule has 0 amide bonds. The summed E-state index contributed by atoms with van der Waals surface area (Å²) >= 11 is 2.52. The second-order valence-corrected chi connectivity index (χ2v) is 19.1. The number of benzene rings is 3. The van der Waals surface area contributed by atoms with Gasteiger partial charge in [-0.1, -0.05) is 85.8 Å². The summed E-state index contributed by atoms with van der Waals surface area (Å²) in [4.78, 5) is 0.264. The van der Waals surface area contributed by atoms with Gasteiger partial charge < -0.3 is 14.9 Å². The third-order valence-corrected chi connectivity index (χ3v) is 16.1. The third kappa shape index (κ3) is 7.66. The molecule has 5 nitrogen and oxygen atoms in total. The summed E-state index contributed by atoms with van der Waals surface area (Å²) in [5.74, 6) is 0.695. The topological polar surface area (TPSA) is 78.6 Å². The van der Waals surface area contributed by atoms with E-state index in [2.05, 4.69) is 55.5 Å². The summed E-state index contributed by atoms with van der Waals surface area (Å²) < 4.78 is 38.1. The van der Waals surface area contributed by atoms with E-state index in [0.29, 0.717) is 29.1 Å². The summed E-state index contributed by atoms with van der Waals surface area (Å²) in [7, 11) is -5.16. The van der Waals surface area contributed by atoms with Gasteiger partial charge >= 0.3 is 0 Å². The van der Waals surface area contributed by atoms with Gasteiger partial charge in [-0.2, -0.15) is 0 Å². The van der Waals surface area contributed by atoms with Gasteiger partial charge in [0.25, 0.3) is 0 Å². The van der Waals surface area contributed by atoms with E-state index < -0.39 is 18.2 Å². The van der Waals surface area contributed by atoms with Gasteiger partial charge in [0.2, 0.25) is 8.32 Å². The molecular formula is C29H38INO4SSi. The number of hydrogen-bond acceptors (Lipinski definition) is 5. The quantitative estimate of drug-likeness (QED) is 0.126. The molecule has 3 rings (SSSR count). The highest BCUT2D eigenvalue weighted by Crippen LogP contribution is 2.36. The van der Waals surface area contributed by atoms with E-state index in [1.54, 1.807) is 18.2 Å². The number of alkyl halides is 1. The van der Waals surface area contributed by atoms with Crippen molar-refractivity contribution in [3.8, 4) is 16.9 Å². The van der Waals surface area contributed by atoms with Crippen LogP contribution in [-0.4, -0.2) is 33.1 Å². The second-order valence-electron chi connectivity index (χ2n) is 9.39. The van der Waals surface area contributed by atoms with Crippen molar-refractivity contribution in [3.05, 3.63) is 83.4 Å². The van der Waals surface area contributed by atoms with Crippen LogP contribution in [-0.2, 0) is 33.8 Å². The molecule has 0 aliphatic rings. The molecular weight excluding hydrogens is 613 g/mol. The zero-order valence-corrected chi connectivity index (χ0v) is 26.1. The second kappa shape index (κ2) is 13.4. The Labute approximate surface area is 237 Å². The first kappa shape index (κ1) is 29.8. The lowest BCUT2D eigenvalue weighted by atomic mass is 9.96. The van der Waals surface area contributed by atoms with Gasteiger partial charge in [-0.3, -0.25) is 0 Å². The number of hydrogen-bond donors (Lipinski definition) is 1. The highest BCUT2D eigenvalue weighted by molar-refractivity contribution is 14.1. The van der Waals surface area contributed by atoms with E-state index in [0.717, 1.165) is 46.3 Å². The molecule has 0 saturated carbocycles. The molecule has 0 unspecified atom stereocenters. The van der Waals surface area contributed by atoms with E-state index in [4.69, 9.17) is 14.9 Å². The predicted octanol–water partition coefficient (Wildman–Crippen LogP) is 6.70. The van der Waals surface area contributed by atoms with Crippen molar-refractivity contribution in [3.63, 3.8) is 0 Å². The van der Waals surface area contributed by atoms with Gasteiger partial charge in [-0.15, -0.1) is 0 Å². The maximum absolute atomic E-state index is 12.4. The lowest BCUT2D eigenvalue weighted by molar-refractivity contribution is 0.301. The molecule has 2 N–H and O–H groups in total. The van der Waals surface area contributed by atoms with Crippen molar-refractivity contribution in [2.24, 2.45) is 5.73 Å². The average Bonchev–Trinajstić information content (AvgIpc) is 2.90. The van der Waals surface area contributed by atoms with Crippen LogP contribution in [0.3, 0.4) is 0 Å². The van der Waals surface area contributed by atoms with Gasteiger partial charge in [0.15, 0.2) is 9.84 Å². The first-order valence-electron chi connectivity index (χ1n) is 12.7. The number of ether oxygens (including phenoxy) is 1. The SMILES string of the molecule is CC[Si](CC)(OCCc1ccc(OCc2ccccc2)c(-c2cc(S(C)(=O)=O)ccc2CN)c1)[C@@H](C)I. The molecule has 0 heterocycles. The van der Waals surface area contributed by atoms with Crippen molar-refractivity contribution in [2.45, 2.75) is 60.9 Å². The molecule has 0 aliphatic heterocycles. The Balaban J connectivity index is 1.98. The van der Waals surface area contributed by atoms with Gasteiger partial charge in [-0.05, 0) is 65.0 Å². The summed E-state index contributed by atoms with van der Waals surface area (Å²) in [5, 5.41) is 0. The molecule has 37 heavy (non-hydrogen) atoms. The number of nitrogens with two attached hydrogens (primary N) is 1. The number of sulfone groups is 1.